The fourth-order valence-electron chi connectivity index (χ4n) is 2.91. The van der Waals surface area contributed by atoms with Crippen LogP contribution in [-0.4, -0.2) is 43.8 Å². The van der Waals surface area contributed by atoms with E-state index in [0.717, 1.165) is 39.2 Å². The Hall–Kier alpha value is -0.900. The molecular formula is C18H30N2O. The van der Waals surface area contributed by atoms with Gasteiger partial charge in [0.15, 0.2) is 0 Å². The molecule has 1 fully saturated rings. The van der Waals surface area contributed by atoms with Crippen molar-refractivity contribution in [3.05, 3.63) is 35.4 Å². The fourth-order valence-corrected chi connectivity index (χ4v) is 2.91. The SMILES string of the molecule is CCCNC(CCN1CCOC(C)C1)c1ccc(C)cc1. The van der Waals surface area contributed by atoms with Gasteiger partial charge in [0, 0.05) is 25.7 Å². The van der Waals surface area contributed by atoms with Crippen LogP contribution in [-0.2, 0) is 4.74 Å². The van der Waals surface area contributed by atoms with E-state index in [1.807, 2.05) is 0 Å². The minimum atomic E-state index is 0.375. The molecule has 2 unspecified atom stereocenters. The van der Waals surface area contributed by atoms with Gasteiger partial charge in [-0.1, -0.05) is 36.8 Å². The average molecular weight is 290 g/mol. The molecule has 0 spiro atoms. The first-order valence-corrected chi connectivity index (χ1v) is 8.33. The third kappa shape index (κ3) is 5.42. The zero-order valence-electron chi connectivity index (χ0n) is 13.8. The maximum Gasteiger partial charge on any atom is 0.0674 e. The van der Waals surface area contributed by atoms with E-state index >= 15 is 0 Å². The van der Waals surface area contributed by atoms with Crippen molar-refractivity contribution in [2.24, 2.45) is 0 Å². The predicted molar refractivity (Wildman–Crippen MR) is 88.7 cm³/mol. The van der Waals surface area contributed by atoms with Crippen molar-refractivity contribution in [2.75, 3.05) is 32.8 Å². The summed E-state index contributed by atoms with van der Waals surface area (Å²) in [6.07, 6.45) is 2.72. The molecule has 0 amide bonds. The Labute approximate surface area is 129 Å². The maximum atomic E-state index is 5.62. The molecule has 3 nitrogen and oxygen atoms in total. The fraction of sp³-hybridized carbons (Fsp3) is 0.667. The molecule has 0 aliphatic carbocycles. The molecule has 0 saturated carbocycles. The highest BCUT2D eigenvalue weighted by Gasteiger charge is 2.18. The normalized spacial score (nSPS) is 21.4. The Kier molecular flexibility index (Phi) is 6.68. The van der Waals surface area contributed by atoms with Crippen LogP contribution in [0.4, 0.5) is 0 Å². The third-order valence-corrected chi connectivity index (χ3v) is 4.18. The quantitative estimate of drug-likeness (QED) is 0.835. The van der Waals surface area contributed by atoms with Gasteiger partial charge in [-0.15, -0.1) is 0 Å². The highest BCUT2D eigenvalue weighted by Crippen LogP contribution is 2.19. The van der Waals surface area contributed by atoms with E-state index in [1.165, 1.54) is 17.5 Å². The molecule has 0 bridgehead atoms. The minimum absolute atomic E-state index is 0.375. The molecule has 2 rings (SSSR count). The standard InChI is InChI=1S/C18H30N2O/c1-4-10-19-18(17-7-5-15(2)6-8-17)9-11-20-12-13-21-16(3)14-20/h5-8,16,18-19H,4,9-14H2,1-3H3. The number of hydrogen-bond donors (Lipinski definition) is 1. The van der Waals surface area contributed by atoms with Crippen molar-refractivity contribution in [3.8, 4) is 0 Å². The van der Waals surface area contributed by atoms with Gasteiger partial charge in [0.2, 0.25) is 0 Å². The number of nitrogens with one attached hydrogen (secondary N) is 1. The maximum absolute atomic E-state index is 5.62. The summed E-state index contributed by atoms with van der Waals surface area (Å²) >= 11 is 0. The number of aryl methyl sites for hydroxylation is 1. The Morgan fingerprint density at radius 3 is 2.76 bits per heavy atom. The number of hydrogen-bond acceptors (Lipinski definition) is 3. The Bertz CT molecular complexity index is 404. The summed E-state index contributed by atoms with van der Waals surface area (Å²) in [6.45, 7) is 11.8. The summed E-state index contributed by atoms with van der Waals surface area (Å²) < 4.78 is 5.62. The summed E-state index contributed by atoms with van der Waals surface area (Å²) in [5, 5.41) is 3.70. The molecule has 118 valence electrons. The lowest BCUT2D eigenvalue weighted by Gasteiger charge is -2.32. The smallest absolute Gasteiger partial charge is 0.0674 e. The summed E-state index contributed by atoms with van der Waals surface area (Å²) in [4.78, 5) is 2.53. The third-order valence-electron chi connectivity index (χ3n) is 4.18. The zero-order valence-corrected chi connectivity index (χ0v) is 13.8. The largest absolute Gasteiger partial charge is 0.376 e. The van der Waals surface area contributed by atoms with Crippen LogP contribution < -0.4 is 5.32 Å². The molecule has 1 aromatic carbocycles. The van der Waals surface area contributed by atoms with E-state index in [9.17, 15) is 0 Å². The van der Waals surface area contributed by atoms with Gasteiger partial charge in [-0.2, -0.15) is 0 Å². The van der Waals surface area contributed by atoms with Crippen molar-refractivity contribution in [3.63, 3.8) is 0 Å². The number of nitrogens with zero attached hydrogens (tertiary/aromatic N) is 1. The van der Waals surface area contributed by atoms with Gasteiger partial charge in [0.25, 0.3) is 0 Å². The predicted octanol–water partition coefficient (Wildman–Crippen LogP) is 3.15. The second-order valence-electron chi connectivity index (χ2n) is 6.19. The van der Waals surface area contributed by atoms with Gasteiger partial charge < -0.3 is 10.1 Å². The molecule has 1 saturated heterocycles. The first kappa shape index (κ1) is 16.5. The molecular weight excluding hydrogens is 260 g/mol. The monoisotopic (exact) mass is 290 g/mol. The van der Waals surface area contributed by atoms with Crippen LogP contribution in [0.5, 0.6) is 0 Å². The van der Waals surface area contributed by atoms with Crippen LogP contribution in [0.1, 0.15) is 43.9 Å². The topological polar surface area (TPSA) is 24.5 Å². The lowest BCUT2D eigenvalue weighted by atomic mass is 10.0. The molecule has 0 aromatic heterocycles. The second-order valence-corrected chi connectivity index (χ2v) is 6.19. The summed E-state index contributed by atoms with van der Waals surface area (Å²) in [6, 6.07) is 9.43. The van der Waals surface area contributed by atoms with E-state index in [-0.39, 0.29) is 0 Å². The van der Waals surface area contributed by atoms with Crippen molar-refractivity contribution in [2.45, 2.75) is 45.8 Å². The number of benzene rings is 1. The summed E-state index contributed by atoms with van der Waals surface area (Å²) in [5.74, 6) is 0. The van der Waals surface area contributed by atoms with Crippen LogP contribution >= 0.6 is 0 Å². The van der Waals surface area contributed by atoms with Crippen LogP contribution in [0.15, 0.2) is 24.3 Å². The lowest BCUT2D eigenvalue weighted by Crippen LogP contribution is -2.42. The van der Waals surface area contributed by atoms with Crippen molar-refractivity contribution in [1.29, 1.82) is 0 Å². The van der Waals surface area contributed by atoms with Gasteiger partial charge in [-0.3, -0.25) is 4.90 Å². The first-order chi connectivity index (χ1) is 10.2. The van der Waals surface area contributed by atoms with E-state index in [1.54, 1.807) is 0 Å². The van der Waals surface area contributed by atoms with Crippen LogP contribution in [0.3, 0.4) is 0 Å². The van der Waals surface area contributed by atoms with Gasteiger partial charge in [0.05, 0.1) is 12.7 Å². The number of rotatable bonds is 7. The number of ether oxygens (including phenoxy) is 1. The van der Waals surface area contributed by atoms with Crippen molar-refractivity contribution in [1.82, 2.24) is 10.2 Å². The van der Waals surface area contributed by atoms with E-state index in [4.69, 9.17) is 4.74 Å². The van der Waals surface area contributed by atoms with Gasteiger partial charge in [0.1, 0.15) is 0 Å². The molecule has 1 aliphatic heterocycles. The molecule has 2 atom stereocenters. The van der Waals surface area contributed by atoms with E-state index in [0.29, 0.717) is 12.1 Å². The molecule has 1 aromatic rings. The van der Waals surface area contributed by atoms with Crippen LogP contribution in [0.25, 0.3) is 0 Å². The average Bonchev–Trinajstić information content (AvgIpc) is 2.49. The van der Waals surface area contributed by atoms with Gasteiger partial charge in [-0.05, 0) is 38.8 Å². The minimum Gasteiger partial charge on any atom is -0.376 e. The lowest BCUT2D eigenvalue weighted by molar-refractivity contribution is -0.0192. The first-order valence-electron chi connectivity index (χ1n) is 8.33. The summed E-state index contributed by atoms with van der Waals surface area (Å²) in [7, 11) is 0. The van der Waals surface area contributed by atoms with Gasteiger partial charge in [-0.25, -0.2) is 0 Å². The zero-order chi connectivity index (χ0) is 15.1. The highest BCUT2D eigenvalue weighted by atomic mass is 16.5. The molecule has 21 heavy (non-hydrogen) atoms. The Morgan fingerprint density at radius 1 is 1.33 bits per heavy atom. The van der Waals surface area contributed by atoms with Crippen molar-refractivity contribution < 1.29 is 4.74 Å². The Morgan fingerprint density at radius 2 is 2.10 bits per heavy atom. The summed E-state index contributed by atoms with van der Waals surface area (Å²) in [5.41, 5.74) is 2.74. The molecule has 3 heteroatoms. The van der Waals surface area contributed by atoms with Crippen molar-refractivity contribution >= 4 is 0 Å². The molecule has 1 N–H and O–H groups in total. The van der Waals surface area contributed by atoms with E-state index in [2.05, 4.69) is 55.3 Å². The molecule has 1 aliphatic rings. The van der Waals surface area contributed by atoms with Crippen LogP contribution in [0, 0.1) is 6.92 Å². The van der Waals surface area contributed by atoms with E-state index < -0.39 is 0 Å². The number of morpholine rings is 1. The molecule has 1 heterocycles. The Balaban J connectivity index is 1.91. The second kappa shape index (κ2) is 8.52. The van der Waals surface area contributed by atoms with Gasteiger partial charge >= 0.3 is 0 Å². The highest BCUT2D eigenvalue weighted by molar-refractivity contribution is 5.24. The molecule has 0 radical (unpaired) electrons. The van der Waals surface area contributed by atoms with Crippen LogP contribution in [0.2, 0.25) is 0 Å².